The standard InChI is InChI=1S/C22H28N2O3/c1-23(15-17-8-5-4-6-9-17)22(25)16-24-13-7-10-20(24)19-12-11-18(26-2)14-21(19)27-3/h4-6,8-9,11-12,14,20H,7,10,13,15-16H2,1-3H3/t20-/m0/s1. The molecule has 0 radical (unpaired) electrons. The first-order valence-corrected chi connectivity index (χ1v) is 9.36. The Morgan fingerprint density at radius 1 is 1.15 bits per heavy atom. The van der Waals surface area contributed by atoms with Gasteiger partial charge in [-0.2, -0.15) is 0 Å². The maximum Gasteiger partial charge on any atom is 0.236 e. The molecule has 1 saturated heterocycles. The topological polar surface area (TPSA) is 42.0 Å². The minimum Gasteiger partial charge on any atom is -0.497 e. The summed E-state index contributed by atoms with van der Waals surface area (Å²) in [6.45, 7) is 1.97. The molecule has 1 aliphatic heterocycles. The number of likely N-dealkylation sites (N-methyl/N-ethyl adjacent to an activating group) is 1. The molecule has 1 amide bonds. The van der Waals surface area contributed by atoms with Gasteiger partial charge in [0, 0.05) is 31.3 Å². The molecule has 0 unspecified atom stereocenters. The number of nitrogens with zero attached hydrogens (tertiary/aromatic N) is 2. The summed E-state index contributed by atoms with van der Waals surface area (Å²) in [4.78, 5) is 16.8. The van der Waals surface area contributed by atoms with Crippen LogP contribution in [0.15, 0.2) is 48.5 Å². The van der Waals surface area contributed by atoms with E-state index in [0.29, 0.717) is 13.1 Å². The van der Waals surface area contributed by atoms with Crippen LogP contribution in [0, 0.1) is 0 Å². The number of hydrogen-bond acceptors (Lipinski definition) is 4. The molecule has 0 spiro atoms. The SMILES string of the molecule is COc1ccc([C@@H]2CCCN2CC(=O)N(C)Cc2ccccc2)c(OC)c1. The largest absolute Gasteiger partial charge is 0.497 e. The van der Waals surface area contributed by atoms with Gasteiger partial charge in [0.1, 0.15) is 11.5 Å². The van der Waals surface area contributed by atoms with E-state index in [9.17, 15) is 4.79 Å². The van der Waals surface area contributed by atoms with Crippen molar-refractivity contribution in [2.75, 3.05) is 34.4 Å². The normalized spacial score (nSPS) is 16.9. The minimum absolute atomic E-state index is 0.137. The first-order chi connectivity index (χ1) is 13.1. The lowest BCUT2D eigenvalue weighted by atomic mass is 10.0. The number of amides is 1. The Balaban J connectivity index is 1.68. The third kappa shape index (κ3) is 4.61. The number of carbonyl (C=O) groups excluding carboxylic acids is 1. The Labute approximate surface area is 161 Å². The number of rotatable bonds is 7. The van der Waals surface area contributed by atoms with Crippen molar-refractivity contribution >= 4 is 5.91 Å². The molecule has 0 saturated carbocycles. The van der Waals surface area contributed by atoms with Gasteiger partial charge in [0.05, 0.1) is 20.8 Å². The van der Waals surface area contributed by atoms with Crippen LogP contribution in [0.25, 0.3) is 0 Å². The molecule has 3 rings (SSSR count). The fourth-order valence-corrected chi connectivity index (χ4v) is 3.70. The lowest BCUT2D eigenvalue weighted by Gasteiger charge is -2.28. The van der Waals surface area contributed by atoms with Crippen molar-refractivity contribution in [3.63, 3.8) is 0 Å². The van der Waals surface area contributed by atoms with Crippen molar-refractivity contribution in [3.05, 3.63) is 59.7 Å². The predicted octanol–water partition coefficient (Wildman–Crippen LogP) is 3.50. The van der Waals surface area contributed by atoms with Crippen molar-refractivity contribution < 1.29 is 14.3 Å². The summed E-state index contributed by atoms with van der Waals surface area (Å²) >= 11 is 0. The molecule has 5 heteroatoms. The molecule has 0 aliphatic carbocycles. The molecule has 27 heavy (non-hydrogen) atoms. The number of ether oxygens (including phenoxy) is 2. The van der Waals surface area contributed by atoms with E-state index in [-0.39, 0.29) is 11.9 Å². The average Bonchev–Trinajstić information content (AvgIpc) is 3.15. The summed E-state index contributed by atoms with van der Waals surface area (Å²) in [6, 6.07) is 16.2. The molecule has 2 aromatic rings. The molecule has 5 nitrogen and oxygen atoms in total. The molecular weight excluding hydrogens is 340 g/mol. The molecule has 0 N–H and O–H groups in total. The van der Waals surface area contributed by atoms with Crippen LogP contribution in [-0.4, -0.2) is 50.1 Å². The van der Waals surface area contributed by atoms with E-state index in [0.717, 1.165) is 42.0 Å². The second-order valence-electron chi connectivity index (χ2n) is 6.97. The van der Waals surface area contributed by atoms with Gasteiger partial charge in [-0.1, -0.05) is 36.4 Å². The van der Waals surface area contributed by atoms with Gasteiger partial charge in [-0.05, 0) is 31.0 Å². The van der Waals surface area contributed by atoms with Crippen LogP contribution in [-0.2, 0) is 11.3 Å². The number of benzene rings is 2. The fraction of sp³-hybridized carbons (Fsp3) is 0.409. The fourth-order valence-electron chi connectivity index (χ4n) is 3.70. The molecule has 0 aromatic heterocycles. The Morgan fingerprint density at radius 3 is 2.63 bits per heavy atom. The first kappa shape index (κ1) is 19.2. The molecular formula is C22H28N2O3. The summed E-state index contributed by atoms with van der Waals surface area (Å²) in [7, 11) is 5.20. The van der Waals surface area contributed by atoms with Gasteiger partial charge in [0.25, 0.3) is 0 Å². The van der Waals surface area contributed by atoms with Crippen molar-refractivity contribution in [2.45, 2.75) is 25.4 Å². The van der Waals surface area contributed by atoms with Gasteiger partial charge in [0.2, 0.25) is 5.91 Å². The Kier molecular flexibility index (Phi) is 6.35. The van der Waals surface area contributed by atoms with Crippen LogP contribution < -0.4 is 9.47 Å². The van der Waals surface area contributed by atoms with Crippen LogP contribution in [0.2, 0.25) is 0 Å². The molecule has 1 atom stereocenters. The van der Waals surface area contributed by atoms with Gasteiger partial charge in [-0.3, -0.25) is 9.69 Å². The van der Waals surface area contributed by atoms with Crippen LogP contribution in [0.1, 0.15) is 30.0 Å². The highest BCUT2D eigenvalue weighted by molar-refractivity contribution is 5.78. The summed E-state index contributed by atoms with van der Waals surface area (Å²) in [5.41, 5.74) is 2.26. The second-order valence-corrected chi connectivity index (χ2v) is 6.97. The van der Waals surface area contributed by atoms with E-state index in [4.69, 9.17) is 9.47 Å². The summed E-state index contributed by atoms with van der Waals surface area (Å²) in [6.07, 6.45) is 2.11. The lowest BCUT2D eigenvalue weighted by molar-refractivity contribution is -0.131. The monoisotopic (exact) mass is 368 g/mol. The lowest BCUT2D eigenvalue weighted by Crippen LogP contribution is -2.37. The van der Waals surface area contributed by atoms with Gasteiger partial charge in [-0.15, -0.1) is 0 Å². The third-order valence-electron chi connectivity index (χ3n) is 5.19. The average molecular weight is 368 g/mol. The number of hydrogen-bond donors (Lipinski definition) is 0. The van der Waals surface area contributed by atoms with Crippen LogP contribution in [0.5, 0.6) is 11.5 Å². The second kappa shape index (κ2) is 8.91. The van der Waals surface area contributed by atoms with E-state index >= 15 is 0 Å². The minimum atomic E-state index is 0.137. The maximum atomic E-state index is 12.8. The highest BCUT2D eigenvalue weighted by atomic mass is 16.5. The molecule has 0 bridgehead atoms. The first-order valence-electron chi connectivity index (χ1n) is 9.36. The number of likely N-dealkylation sites (tertiary alicyclic amines) is 1. The maximum absolute atomic E-state index is 12.8. The number of carbonyl (C=O) groups is 1. The van der Waals surface area contributed by atoms with Crippen LogP contribution in [0.3, 0.4) is 0 Å². The molecule has 144 valence electrons. The zero-order chi connectivity index (χ0) is 19.2. The van der Waals surface area contributed by atoms with Crippen molar-refractivity contribution in [3.8, 4) is 11.5 Å². The van der Waals surface area contributed by atoms with E-state index < -0.39 is 0 Å². The summed E-state index contributed by atoms with van der Waals surface area (Å²) in [5, 5.41) is 0. The molecule has 1 heterocycles. The van der Waals surface area contributed by atoms with Crippen molar-refractivity contribution in [1.82, 2.24) is 9.80 Å². The number of methoxy groups -OCH3 is 2. The zero-order valence-electron chi connectivity index (χ0n) is 16.4. The smallest absolute Gasteiger partial charge is 0.236 e. The van der Waals surface area contributed by atoms with Crippen molar-refractivity contribution in [2.24, 2.45) is 0 Å². The van der Waals surface area contributed by atoms with Crippen LogP contribution in [0.4, 0.5) is 0 Å². The van der Waals surface area contributed by atoms with E-state index in [1.807, 2.05) is 49.5 Å². The molecule has 2 aromatic carbocycles. The predicted molar refractivity (Wildman–Crippen MR) is 106 cm³/mol. The summed E-state index contributed by atoms with van der Waals surface area (Å²) < 4.78 is 10.9. The Hall–Kier alpha value is -2.53. The zero-order valence-corrected chi connectivity index (χ0v) is 16.4. The van der Waals surface area contributed by atoms with Gasteiger partial charge in [-0.25, -0.2) is 0 Å². The highest BCUT2D eigenvalue weighted by Crippen LogP contribution is 2.38. The third-order valence-corrected chi connectivity index (χ3v) is 5.19. The van der Waals surface area contributed by atoms with Gasteiger partial charge in [0.15, 0.2) is 0 Å². The quantitative estimate of drug-likeness (QED) is 0.750. The molecule has 1 fully saturated rings. The Morgan fingerprint density at radius 2 is 1.93 bits per heavy atom. The van der Waals surface area contributed by atoms with E-state index in [2.05, 4.69) is 11.0 Å². The van der Waals surface area contributed by atoms with E-state index in [1.165, 1.54) is 0 Å². The summed E-state index contributed by atoms with van der Waals surface area (Å²) in [5.74, 6) is 1.73. The van der Waals surface area contributed by atoms with Crippen LogP contribution >= 0.6 is 0 Å². The van der Waals surface area contributed by atoms with E-state index in [1.54, 1.807) is 19.1 Å². The van der Waals surface area contributed by atoms with Crippen molar-refractivity contribution in [1.29, 1.82) is 0 Å². The highest BCUT2D eigenvalue weighted by Gasteiger charge is 2.30. The van der Waals surface area contributed by atoms with Gasteiger partial charge < -0.3 is 14.4 Å². The molecule has 1 aliphatic rings. The van der Waals surface area contributed by atoms with Gasteiger partial charge >= 0.3 is 0 Å². The Bertz CT molecular complexity index is 763.